The summed E-state index contributed by atoms with van der Waals surface area (Å²) in [5.41, 5.74) is 4.52. The first kappa shape index (κ1) is 44.3. The van der Waals surface area contributed by atoms with Crippen molar-refractivity contribution >= 4 is 11.0 Å². The predicted octanol–water partition coefficient (Wildman–Crippen LogP) is 10.6. The summed E-state index contributed by atoms with van der Waals surface area (Å²) >= 11 is 0. The van der Waals surface area contributed by atoms with E-state index in [4.69, 9.17) is 42.3 Å². The molecule has 8 rings (SSSR count). The molecule has 5 atom stereocenters. The fourth-order valence-corrected chi connectivity index (χ4v) is 7.50. The Balaban J connectivity index is 1.15. The predicted molar refractivity (Wildman–Crippen MR) is 244 cm³/mol. The quantitative estimate of drug-likeness (QED) is 0.0483. The SMILES string of the molecule is CCCCOc1c(OCc2ccccc2)c2ccc(O[C@H]3O[C@H](COCc4ccccc4)[C@@H](OCc4ccccc4)[C@H](OCc4ccccc4)[C@@H]3OCc3ccccc3)cc2oc1=O. The molecule has 0 unspecified atom stereocenters. The van der Waals surface area contributed by atoms with E-state index < -0.39 is 36.3 Å². The molecule has 1 fully saturated rings. The second kappa shape index (κ2) is 22.9. The molecule has 0 saturated carbocycles. The second-order valence-corrected chi connectivity index (χ2v) is 15.6. The van der Waals surface area contributed by atoms with Crippen molar-refractivity contribution in [1.82, 2.24) is 0 Å². The van der Waals surface area contributed by atoms with Crippen molar-refractivity contribution in [2.45, 2.75) is 83.5 Å². The summed E-state index contributed by atoms with van der Waals surface area (Å²) in [5, 5.41) is 0.557. The maximum Gasteiger partial charge on any atom is 0.383 e. The molecule has 6 aromatic carbocycles. The van der Waals surface area contributed by atoms with Gasteiger partial charge in [0.2, 0.25) is 12.0 Å². The zero-order valence-electron chi connectivity index (χ0n) is 36.0. The third-order valence-electron chi connectivity index (χ3n) is 10.9. The molecule has 0 radical (unpaired) electrons. The lowest BCUT2D eigenvalue weighted by atomic mass is 9.97. The lowest BCUT2D eigenvalue weighted by Crippen LogP contribution is -2.62. The Morgan fingerprint density at radius 1 is 0.516 bits per heavy atom. The van der Waals surface area contributed by atoms with Gasteiger partial charge in [0.15, 0.2) is 5.75 Å². The summed E-state index contributed by atoms with van der Waals surface area (Å²) in [7, 11) is 0. The zero-order valence-corrected chi connectivity index (χ0v) is 36.0. The van der Waals surface area contributed by atoms with E-state index in [1.165, 1.54) is 0 Å². The summed E-state index contributed by atoms with van der Waals surface area (Å²) in [6, 6.07) is 54.9. The molecule has 0 bridgehead atoms. The molecule has 0 aliphatic carbocycles. The number of benzene rings is 6. The van der Waals surface area contributed by atoms with Gasteiger partial charge in [0, 0.05) is 6.07 Å². The van der Waals surface area contributed by atoms with Gasteiger partial charge in [0.1, 0.15) is 42.4 Å². The van der Waals surface area contributed by atoms with Gasteiger partial charge in [0.25, 0.3) is 0 Å². The van der Waals surface area contributed by atoms with Crippen LogP contribution in [0.5, 0.6) is 17.2 Å². The minimum absolute atomic E-state index is 0.0360. The van der Waals surface area contributed by atoms with Gasteiger partial charge in [-0.25, -0.2) is 4.79 Å². The van der Waals surface area contributed by atoms with Crippen LogP contribution in [0.15, 0.2) is 179 Å². The van der Waals surface area contributed by atoms with Crippen molar-refractivity contribution in [2.24, 2.45) is 0 Å². The number of unbranched alkanes of at least 4 members (excludes halogenated alkanes) is 1. The number of hydrogen-bond donors (Lipinski definition) is 0. The normalized spacial score (nSPS) is 18.4. The van der Waals surface area contributed by atoms with E-state index in [-0.39, 0.29) is 37.8 Å². The third kappa shape index (κ3) is 12.0. The van der Waals surface area contributed by atoms with E-state index in [0.717, 1.165) is 40.7 Å². The van der Waals surface area contributed by atoms with Crippen LogP contribution in [0, 0.1) is 0 Å². The monoisotopic (exact) mass is 862 g/mol. The van der Waals surface area contributed by atoms with E-state index in [0.29, 0.717) is 36.7 Å². The van der Waals surface area contributed by atoms with Crippen LogP contribution in [0.3, 0.4) is 0 Å². The molecule has 0 amide bonds. The molecule has 0 N–H and O–H groups in total. The smallest absolute Gasteiger partial charge is 0.383 e. The summed E-state index contributed by atoms with van der Waals surface area (Å²) in [4.78, 5) is 13.6. The minimum Gasteiger partial charge on any atom is -0.484 e. The molecular formula is C54H54O10. The van der Waals surface area contributed by atoms with Crippen molar-refractivity contribution in [3.63, 3.8) is 0 Å². The van der Waals surface area contributed by atoms with Crippen molar-refractivity contribution in [3.05, 3.63) is 208 Å². The van der Waals surface area contributed by atoms with Gasteiger partial charge in [-0.05, 0) is 46.4 Å². The Kier molecular flexibility index (Phi) is 15.9. The largest absolute Gasteiger partial charge is 0.484 e. The first-order chi connectivity index (χ1) is 31.6. The average Bonchev–Trinajstić information content (AvgIpc) is 3.34. The van der Waals surface area contributed by atoms with Crippen LogP contribution in [0.25, 0.3) is 11.0 Å². The first-order valence-electron chi connectivity index (χ1n) is 21.9. The molecular weight excluding hydrogens is 809 g/mol. The fraction of sp³-hybridized carbons (Fsp3) is 0.278. The molecule has 2 heterocycles. The van der Waals surface area contributed by atoms with Crippen LogP contribution in [0.4, 0.5) is 0 Å². The number of hydrogen-bond acceptors (Lipinski definition) is 10. The van der Waals surface area contributed by atoms with Gasteiger partial charge < -0.3 is 42.3 Å². The van der Waals surface area contributed by atoms with Crippen molar-refractivity contribution in [2.75, 3.05) is 13.2 Å². The van der Waals surface area contributed by atoms with Gasteiger partial charge in [0.05, 0.1) is 45.0 Å². The van der Waals surface area contributed by atoms with Crippen molar-refractivity contribution in [3.8, 4) is 17.2 Å². The van der Waals surface area contributed by atoms with Crippen molar-refractivity contribution < 1.29 is 42.3 Å². The molecule has 1 saturated heterocycles. The Morgan fingerprint density at radius 2 is 1.02 bits per heavy atom. The number of ether oxygens (including phenoxy) is 8. The topological polar surface area (TPSA) is 104 Å². The van der Waals surface area contributed by atoms with Gasteiger partial charge >= 0.3 is 5.63 Å². The lowest BCUT2D eigenvalue weighted by molar-refractivity contribution is -0.310. The van der Waals surface area contributed by atoms with E-state index >= 15 is 0 Å². The summed E-state index contributed by atoms with van der Waals surface area (Å²) < 4.78 is 58.9. The number of fused-ring (bicyclic) bond motifs is 1. The number of rotatable bonds is 22. The molecule has 64 heavy (non-hydrogen) atoms. The molecule has 1 aliphatic rings. The summed E-state index contributed by atoms with van der Waals surface area (Å²) in [6.07, 6.45) is -2.17. The highest BCUT2D eigenvalue weighted by Gasteiger charge is 2.50. The van der Waals surface area contributed by atoms with Gasteiger partial charge in [-0.15, -0.1) is 0 Å². The molecule has 0 spiro atoms. The van der Waals surface area contributed by atoms with E-state index in [9.17, 15) is 4.79 Å². The molecule has 10 nitrogen and oxygen atoms in total. The molecule has 330 valence electrons. The van der Waals surface area contributed by atoms with E-state index in [2.05, 4.69) is 6.92 Å². The first-order valence-corrected chi connectivity index (χ1v) is 21.9. The molecule has 7 aromatic rings. The Hall–Kier alpha value is -6.27. The van der Waals surface area contributed by atoms with Gasteiger partial charge in [-0.2, -0.15) is 0 Å². The van der Waals surface area contributed by atoms with Crippen molar-refractivity contribution in [1.29, 1.82) is 0 Å². The minimum atomic E-state index is -1.03. The Labute approximate surface area is 374 Å². The molecule has 10 heteroatoms. The summed E-state index contributed by atoms with van der Waals surface area (Å²) in [5.74, 6) is 0.713. The van der Waals surface area contributed by atoms with Crippen LogP contribution < -0.4 is 19.8 Å². The second-order valence-electron chi connectivity index (χ2n) is 15.6. The van der Waals surface area contributed by atoms with E-state index in [1.807, 2.05) is 152 Å². The van der Waals surface area contributed by atoms with Crippen LogP contribution in [0.2, 0.25) is 0 Å². The average molecular weight is 863 g/mol. The highest BCUT2D eigenvalue weighted by Crippen LogP contribution is 2.37. The maximum absolute atomic E-state index is 13.6. The van der Waals surface area contributed by atoms with E-state index in [1.54, 1.807) is 18.2 Å². The highest BCUT2D eigenvalue weighted by atomic mass is 16.7. The van der Waals surface area contributed by atoms with Gasteiger partial charge in [-0.1, -0.05) is 165 Å². The van der Waals surface area contributed by atoms with Crippen LogP contribution >= 0.6 is 0 Å². The van der Waals surface area contributed by atoms with Crippen LogP contribution in [-0.2, 0) is 56.7 Å². The Bertz CT molecular complexity index is 2500. The maximum atomic E-state index is 13.6. The highest BCUT2D eigenvalue weighted by molar-refractivity contribution is 5.86. The zero-order chi connectivity index (χ0) is 43.8. The molecule has 1 aliphatic heterocycles. The fourth-order valence-electron chi connectivity index (χ4n) is 7.50. The van der Waals surface area contributed by atoms with Crippen LogP contribution in [0.1, 0.15) is 47.6 Å². The van der Waals surface area contributed by atoms with Gasteiger partial charge in [-0.3, -0.25) is 0 Å². The third-order valence-corrected chi connectivity index (χ3v) is 10.9. The summed E-state index contributed by atoms with van der Waals surface area (Å²) in [6.45, 7) is 3.99. The lowest BCUT2D eigenvalue weighted by Gasteiger charge is -2.45. The Morgan fingerprint density at radius 3 is 1.56 bits per heavy atom. The standard InChI is InChI=1S/C54H54O10/c1-2-3-31-57-51-48(58-34-40-21-11-5-12-22-40)45-30-29-44(32-46(45)63-53(51)55)62-54-52(61-37-43-27-17-8-18-28-43)50(60-36-42-25-15-7-16-26-42)49(59-35-41-23-13-6-14-24-41)47(64-54)38-56-33-39-19-9-4-10-20-39/h4-30,32,47,49-50,52,54H,2-3,31,33-38H2,1H3/t47-,49-,50+,52+,54+/m1/s1. The molecule has 1 aromatic heterocycles. The van der Waals surface area contributed by atoms with Crippen LogP contribution in [-0.4, -0.2) is 43.9 Å².